The van der Waals surface area contributed by atoms with Crippen molar-refractivity contribution < 1.29 is 4.39 Å². The van der Waals surface area contributed by atoms with Gasteiger partial charge in [0.05, 0.1) is 4.47 Å². The van der Waals surface area contributed by atoms with Crippen LogP contribution in [-0.4, -0.2) is 9.97 Å². The average Bonchev–Trinajstić information content (AvgIpc) is 3.23. The molecule has 0 saturated heterocycles. The van der Waals surface area contributed by atoms with E-state index >= 15 is 0 Å². The number of benzene rings is 1. The molecule has 1 heterocycles. The summed E-state index contributed by atoms with van der Waals surface area (Å²) in [4.78, 5) is 8.84. The highest BCUT2D eigenvalue weighted by Gasteiger charge is 2.28. The molecule has 0 bridgehead atoms. The Bertz CT molecular complexity index is 674. The van der Waals surface area contributed by atoms with E-state index in [0.29, 0.717) is 21.4 Å². The largest absolute Gasteiger partial charge is 0.340 e. The predicted molar refractivity (Wildman–Crippen MR) is 81.1 cm³/mol. The van der Waals surface area contributed by atoms with Crippen LogP contribution in [0.5, 0.6) is 0 Å². The molecule has 1 aromatic heterocycles. The molecule has 1 fully saturated rings. The number of hydrogen-bond acceptors (Lipinski definition) is 3. The zero-order valence-corrected chi connectivity index (χ0v) is 13.1. The summed E-state index contributed by atoms with van der Waals surface area (Å²) in [5.41, 5.74) is 1.54. The van der Waals surface area contributed by atoms with Gasteiger partial charge in [-0.3, -0.25) is 0 Å². The zero-order chi connectivity index (χ0) is 14.3. The van der Waals surface area contributed by atoms with E-state index in [2.05, 4.69) is 31.2 Å². The third kappa shape index (κ3) is 2.79. The molecule has 1 aliphatic carbocycles. The molecule has 1 aromatic carbocycles. The third-order valence-corrected chi connectivity index (χ3v) is 4.20. The van der Waals surface area contributed by atoms with Crippen LogP contribution in [-0.2, 0) is 0 Å². The lowest BCUT2D eigenvalue weighted by Gasteiger charge is -2.11. The molecule has 0 unspecified atom stereocenters. The van der Waals surface area contributed by atoms with Crippen molar-refractivity contribution in [1.82, 2.24) is 9.97 Å². The molecule has 0 amide bonds. The fourth-order valence-electron chi connectivity index (χ4n) is 1.86. The molecular formula is C14H12BrClFN3. The second kappa shape index (κ2) is 5.30. The van der Waals surface area contributed by atoms with Crippen molar-refractivity contribution in [2.24, 2.45) is 0 Å². The first-order valence-electron chi connectivity index (χ1n) is 6.30. The highest BCUT2D eigenvalue weighted by atomic mass is 79.9. The van der Waals surface area contributed by atoms with Crippen LogP contribution in [0.25, 0.3) is 0 Å². The van der Waals surface area contributed by atoms with Crippen LogP contribution >= 0.6 is 27.5 Å². The van der Waals surface area contributed by atoms with Crippen molar-refractivity contribution in [3.05, 3.63) is 45.0 Å². The number of aromatic nitrogens is 2. The first kappa shape index (κ1) is 13.8. The van der Waals surface area contributed by atoms with Crippen LogP contribution in [0, 0.1) is 12.7 Å². The van der Waals surface area contributed by atoms with Gasteiger partial charge in [-0.05, 0) is 53.9 Å². The maximum atomic E-state index is 13.2. The number of rotatable bonds is 3. The minimum atomic E-state index is -0.299. The lowest BCUT2D eigenvalue weighted by atomic mass is 10.2. The zero-order valence-electron chi connectivity index (χ0n) is 10.8. The smallest absolute Gasteiger partial charge is 0.138 e. The molecule has 2 aromatic rings. The van der Waals surface area contributed by atoms with E-state index in [1.54, 1.807) is 12.1 Å². The van der Waals surface area contributed by atoms with Gasteiger partial charge in [-0.2, -0.15) is 0 Å². The Morgan fingerprint density at radius 2 is 2.10 bits per heavy atom. The summed E-state index contributed by atoms with van der Waals surface area (Å²) in [7, 11) is 0. The highest BCUT2D eigenvalue weighted by Crippen LogP contribution is 2.39. The van der Waals surface area contributed by atoms with E-state index in [0.717, 1.165) is 29.9 Å². The Kier molecular flexibility index (Phi) is 3.65. The Morgan fingerprint density at radius 3 is 2.75 bits per heavy atom. The van der Waals surface area contributed by atoms with Gasteiger partial charge in [-0.25, -0.2) is 14.4 Å². The Labute approximate surface area is 129 Å². The molecule has 1 N–H and O–H groups in total. The molecule has 3 nitrogen and oxygen atoms in total. The van der Waals surface area contributed by atoms with Crippen LogP contribution in [0.4, 0.5) is 15.9 Å². The maximum absolute atomic E-state index is 13.2. The van der Waals surface area contributed by atoms with Gasteiger partial charge in [0.25, 0.3) is 0 Å². The summed E-state index contributed by atoms with van der Waals surface area (Å²) in [6.45, 7) is 1.86. The lowest BCUT2D eigenvalue weighted by molar-refractivity contribution is 0.621. The Balaban J connectivity index is 1.94. The molecule has 20 heavy (non-hydrogen) atoms. The van der Waals surface area contributed by atoms with E-state index in [-0.39, 0.29) is 5.82 Å². The summed E-state index contributed by atoms with van der Waals surface area (Å²) in [5.74, 6) is 1.58. The number of nitrogens with one attached hydrogen (secondary N) is 1. The molecule has 1 aliphatic rings. The molecule has 0 spiro atoms. The lowest BCUT2D eigenvalue weighted by Crippen LogP contribution is -2.03. The summed E-state index contributed by atoms with van der Waals surface area (Å²) in [6.07, 6.45) is 2.22. The summed E-state index contributed by atoms with van der Waals surface area (Å²) < 4.78 is 13.6. The SMILES string of the molecule is Cc1c(Cl)nc(C2CC2)nc1Nc1ccc(F)c(Br)c1. The monoisotopic (exact) mass is 355 g/mol. The molecular weight excluding hydrogens is 345 g/mol. The van der Waals surface area contributed by atoms with Gasteiger partial charge < -0.3 is 5.32 Å². The number of halogens is 3. The first-order valence-corrected chi connectivity index (χ1v) is 7.48. The van der Waals surface area contributed by atoms with Gasteiger partial charge in [-0.1, -0.05) is 11.6 Å². The molecule has 1 saturated carbocycles. The summed E-state index contributed by atoms with van der Waals surface area (Å²) in [6, 6.07) is 4.72. The minimum Gasteiger partial charge on any atom is -0.340 e. The fourth-order valence-corrected chi connectivity index (χ4v) is 2.42. The molecule has 3 rings (SSSR count). The molecule has 0 radical (unpaired) electrons. The van der Waals surface area contributed by atoms with Gasteiger partial charge in [0, 0.05) is 17.2 Å². The van der Waals surface area contributed by atoms with Crippen molar-refractivity contribution in [3.63, 3.8) is 0 Å². The number of anilines is 2. The molecule has 0 atom stereocenters. The first-order chi connectivity index (χ1) is 9.54. The Hall–Kier alpha value is -1.20. The van der Waals surface area contributed by atoms with Crippen LogP contribution in [0.1, 0.15) is 30.1 Å². The quantitative estimate of drug-likeness (QED) is 0.790. The second-order valence-corrected chi connectivity index (χ2v) is 6.09. The van der Waals surface area contributed by atoms with Crippen molar-refractivity contribution >= 4 is 39.0 Å². The molecule has 104 valence electrons. The van der Waals surface area contributed by atoms with Gasteiger partial charge in [0.1, 0.15) is 22.6 Å². The van der Waals surface area contributed by atoms with Crippen molar-refractivity contribution in [2.45, 2.75) is 25.7 Å². The normalized spacial score (nSPS) is 14.4. The summed E-state index contributed by atoms with van der Waals surface area (Å²) >= 11 is 9.32. The van der Waals surface area contributed by atoms with Crippen molar-refractivity contribution in [2.75, 3.05) is 5.32 Å². The van der Waals surface area contributed by atoms with Crippen LogP contribution in [0.2, 0.25) is 5.15 Å². The minimum absolute atomic E-state index is 0.299. The Morgan fingerprint density at radius 1 is 1.35 bits per heavy atom. The average molecular weight is 357 g/mol. The molecule has 6 heteroatoms. The predicted octanol–water partition coefficient (Wildman–Crippen LogP) is 4.96. The second-order valence-electron chi connectivity index (χ2n) is 4.87. The van der Waals surface area contributed by atoms with Crippen molar-refractivity contribution in [3.8, 4) is 0 Å². The van der Waals surface area contributed by atoms with Gasteiger partial charge in [0.15, 0.2) is 0 Å². The topological polar surface area (TPSA) is 37.8 Å². The van der Waals surface area contributed by atoms with E-state index in [1.807, 2.05) is 6.92 Å². The van der Waals surface area contributed by atoms with Crippen LogP contribution < -0.4 is 5.32 Å². The standard InChI is InChI=1S/C14H12BrClFN3/c1-7-12(16)19-14(8-2-3-8)20-13(7)18-9-4-5-11(17)10(15)6-9/h4-6,8H,2-3H2,1H3,(H,18,19,20). The fraction of sp³-hybridized carbons (Fsp3) is 0.286. The van der Waals surface area contributed by atoms with Crippen LogP contribution in [0.3, 0.4) is 0 Å². The highest BCUT2D eigenvalue weighted by molar-refractivity contribution is 9.10. The van der Waals surface area contributed by atoms with Gasteiger partial charge >= 0.3 is 0 Å². The van der Waals surface area contributed by atoms with Crippen molar-refractivity contribution in [1.29, 1.82) is 0 Å². The maximum Gasteiger partial charge on any atom is 0.138 e. The van der Waals surface area contributed by atoms with Crippen LogP contribution in [0.15, 0.2) is 22.7 Å². The van der Waals surface area contributed by atoms with E-state index in [1.165, 1.54) is 6.07 Å². The third-order valence-electron chi connectivity index (χ3n) is 3.23. The number of nitrogens with zero attached hydrogens (tertiary/aromatic N) is 2. The van der Waals surface area contributed by atoms with E-state index < -0.39 is 0 Å². The van der Waals surface area contributed by atoms with Gasteiger partial charge in [0.2, 0.25) is 0 Å². The number of hydrogen-bond donors (Lipinski definition) is 1. The summed E-state index contributed by atoms with van der Waals surface area (Å²) in [5, 5.41) is 3.64. The van der Waals surface area contributed by atoms with E-state index in [9.17, 15) is 4.39 Å². The van der Waals surface area contributed by atoms with E-state index in [4.69, 9.17) is 11.6 Å². The van der Waals surface area contributed by atoms with Gasteiger partial charge in [-0.15, -0.1) is 0 Å². The molecule has 0 aliphatic heterocycles.